The number of carboxylic acids is 1. The average Bonchev–Trinajstić information content (AvgIpc) is 3.11. The van der Waals surface area contributed by atoms with Gasteiger partial charge in [-0.1, -0.05) is 48.5 Å². The van der Waals surface area contributed by atoms with E-state index in [0.717, 1.165) is 46.4 Å². The summed E-state index contributed by atoms with van der Waals surface area (Å²) in [5.74, 6) is -1.23. The summed E-state index contributed by atoms with van der Waals surface area (Å²) in [5, 5.41) is 9.59. The molecule has 0 aromatic heterocycles. The van der Waals surface area contributed by atoms with E-state index in [9.17, 15) is 14.7 Å². The van der Waals surface area contributed by atoms with E-state index in [1.54, 1.807) is 0 Å². The van der Waals surface area contributed by atoms with Gasteiger partial charge in [-0.3, -0.25) is 4.90 Å². The quantitative estimate of drug-likeness (QED) is 0.725. The van der Waals surface area contributed by atoms with Crippen molar-refractivity contribution in [3.05, 3.63) is 59.7 Å². The van der Waals surface area contributed by atoms with Crippen molar-refractivity contribution in [3.8, 4) is 11.1 Å². The van der Waals surface area contributed by atoms with Gasteiger partial charge in [0.25, 0.3) is 0 Å². The van der Waals surface area contributed by atoms with Gasteiger partial charge in [0, 0.05) is 19.6 Å². The van der Waals surface area contributed by atoms with Gasteiger partial charge in [0.15, 0.2) is 12.3 Å². The molecule has 1 aliphatic carbocycles. The van der Waals surface area contributed by atoms with E-state index in [2.05, 4.69) is 12.1 Å². The Morgan fingerprint density at radius 3 is 2.32 bits per heavy atom. The molecule has 164 valence electrons. The van der Waals surface area contributed by atoms with E-state index in [1.165, 1.54) is 7.05 Å². The predicted octanol–water partition coefficient (Wildman–Crippen LogP) is 3.86. The molecule has 31 heavy (non-hydrogen) atoms. The highest BCUT2D eigenvalue weighted by Gasteiger charge is 2.32. The Morgan fingerprint density at radius 2 is 1.74 bits per heavy atom. The normalized spacial score (nSPS) is 18.7. The lowest BCUT2D eigenvalue weighted by Gasteiger charge is -2.28. The van der Waals surface area contributed by atoms with E-state index >= 15 is 0 Å². The van der Waals surface area contributed by atoms with Crippen molar-refractivity contribution in [2.24, 2.45) is 0 Å². The number of ether oxygens (including phenoxy) is 3. The average molecular weight is 425 g/mol. The van der Waals surface area contributed by atoms with Crippen LogP contribution in [-0.4, -0.2) is 61.3 Å². The molecular formula is C24H27NO6. The Kier molecular flexibility index (Phi) is 6.53. The number of fused-ring (bicyclic) bond motifs is 3. The van der Waals surface area contributed by atoms with E-state index in [4.69, 9.17) is 14.2 Å². The van der Waals surface area contributed by atoms with E-state index in [0.29, 0.717) is 6.61 Å². The number of hydrogen-bond acceptors (Lipinski definition) is 5. The maximum atomic E-state index is 12.7. The molecule has 1 aliphatic heterocycles. The highest BCUT2D eigenvalue weighted by atomic mass is 16.7. The van der Waals surface area contributed by atoms with Crippen LogP contribution in [0.4, 0.5) is 4.79 Å². The first kappa shape index (κ1) is 21.3. The molecule has 0 radical (unpaired) electrons. The number of rotatable bonds is 7. The number of carboxylic acid groups (broad SMARTS) is 1. The number of nitrogens with zero attached hydrogens (tertiary/aromatic N) is 1. The second kappa shape index (κ2) is 9.49. The molecule has 1 N–H and O–H groups in total. The second-order valence-electron chi connectivity index (χ2n) is 7.90. The third-order valence-electron chi connectivity index (χ3n) is 5.95. The maximum Gasteiger partial charge on any atom is 0.410 e. The Labute approximate surface area is 181 Å². The molecular weight excluding hydrogens is 398 g/mol. The van der Waals surface area contributed by atoms with Crippen LogP contribution in [0, 0.1) is 0 Å². The van der Waals surface area contributed by atoms with Gasteiger partial charge in [-0.2, -0.15) is 0 Å². The second-order valence-corrected chi connectivity index (χ2v) is 7.90. The maximum absolute atomic E-state index is 12.7. The largest absolute Gasteiger partial charge is 0.480 e. The zero-order valence-electron chi connectivity index (χ0n) is 17.5. The Balaban J connectivity index is 1.39. The van der Waals surface area contributed by atoms with Crippen molar-refractivity contribution < 1.29 is 28.9 Å². The summed E-state index contributed by atoms with van der Waals surface area (Å²) in [7, 11) is 1.42. The fourth-order valence-corrected chi connectivity index (χ4v) is 4.21. The zero-order valence-corrected chi connectivity index (χ0v) is 17.5. The van der Waals surface area contributed by atoms with E-state index < -0.39 is 24.4 Å². The topological polar surface area (TPSA) is 85.3 Å². The molecule has 2 aromatic carbocycles. The lowest BCUT2D eigenvalue weighted by atomic mass is 9.98. The smallest absolute Gasteiger partial charge is 0.410 e. The highest BCUT2D eigenvalue weighted by Crippen LogP contribution is 2.44. The van der Waals surface area contributed by atoms with Gasteiger partial charge in [0.1, 0.15) is 6.61 Å². The molecule has 2 atom stereocenters. The van der Waals surface area contributed by atoms with E-state index in [1.807, 2.05) is 36.4 Å². The zero-order chi connectivity index (χ0) is 21.8. The molecule has 7 nitrogen and oxygen atoms in total. The number of carbonyl (C=O) groups excluding carboxylic acids is 1. The van der Waals surface area contributed by atoms with Gasteiger partial charge in [-0.25, -0.2) is 9.59 Å². The standard InChI is InChI=1S/C24H27NO6/c1-25(21(23(26)27)15-30-22-12-6-7-13-29-22)24(28)31-14-20-18-10-4-2-8-16(18)17-9-3-5-11-19(17)20/h2-5,8-11,20-22H,6-7,12-15H2,1H3,(H,26,27)/t21-,22?/m0/s1. The third-order valence-corrected chi connectivity index (χ3v) is 5.95. The van der Waals surface area contributed by atoms with Crippen molar-refractivity contribution in [2.75, 3.05) is 26.9 Å². The van der Waals surface area contributed by atoms with Crippen LogP contribution in [0.3, 0.4) is 0 Å². The molecule has 1 unspecified atom stereocenters. The van der Waals surface area contributed by atoms with Gasteiger partial charge >= 0.3 is 12.1 Å². The Morgan fingerprint density at radius 1 is 1.10 bits per heavy atom. The number of benzene rings is 2. The monoisotopic (exact) mass is 425 g/mol. The molecule has 0 spiro atoms. The predicted molar refractivity (Wildman–Crippen MR) is 114 cm³/mol. The van der Waals surface area contributed by atoms with Gasteiger partial charge in [-0.05, 0) is 41.5 Å². The summed E-state index contributed by atoms with van der Waals surface area (Å²) in [6, 6.07) is 15.0. The van der Waals surface area contributed by atoms with Crippen LogP contribution in [0.5, 0.6) is 0 Å². The van der Waals surface area contributed by atoms with Gasteiger partial charge in [-0.15, -0.1) is 0 Å². The summed E-state index contributed by atoms with van der Waals surface area (Å²) >= 11 is 0. The summed E-state index contributed by atoms with van der Waals surface area (Å²) in [5.41, 5.74) is 4.48. The van der Waals surface area contributed by atoms with Gasteiger partial charge in [0.2, 0.25) is 0 Å². The molecule has 1 heterocycles. The van der Waals surface area contributed by atoms with Crippen LogP contribution < -0.4 is 0 Å². The van der Waals surface area contributed by atoms with Crippen LogP contribution >= 0.6 is 0 Å². The van der Waals surface area contributed by atoms with Crippen LogP contribution in [0.2, 0.25) is 0 Å². The molecule has 7 heteroatoms. The Bertz CT molecular complexity index is 894. The molecule has 1 saturated heterocycles. The van der Waals surface area contributed by atoms with Crippen molar-refractivity contribution >= 4 is 12.1 Å². The van der Waals surface area contributed by atoms with Gasteiger partial charge < -0.3 is 19.3 Å². The minimum Gasteiger partial charge on any atom is -0.480 e. The molecule has 1 amide bonds. The first-order chi connectivity index (χ1) is 15.1. The highest BCUT2D eigenvalue weighted by molar-refractivity contribution is 5.81. The summed E-state index contributed by atoms with van der Waals surface area (Å²) in [6.07, 6.45) is 1.56. The van der Waals surface area contributed by atoms with Crippen LogP contribution in [0.15, 0.2) is 48.5 Å². The molecule has 0 bridgehead atoms. The molecule has 0 saturated carbocycles. The lowest BCUT2D eigenvalue weighted by Crippen LogP contribution is -2.46. The number of aliphatic carboxylic acids is 1. The van der Waals surface area contributed by atoms with E-state index in [-0.39, 0.29) is 19.1 Å². The molecule has 2 aliphatic rings. The number of amides is 1. The van der Waals surface area contributed by atoms with Crippen molar-refractivity contribution in [1.29, 1.82) is 0 Å². The minimum absolute atomic E-state index is 0.0834. The number of carbonyl (C=O) groups is 2. The van der Waals surface area contributed by atoms with Crippen molar-refractivity contribution in [1.82, 2.24) is 4.90 Å². The minimum atomic E-state index is -1.15. The van der Waals surface area contributed by atoms with Crippen molar-refractivity contribution in [3.63, 3.8) is 0 Å². The number of hydrogen-bond donors (Lipinski definition) is 1. The van der Waals surface area contributed by atoms with Gasteiger partial charge in [0.05, 0.1) is 6.61 Å². The molecule has 4 rings (SSSR count). The Hall–Kier alpha value is -2.90. The first-order valence-corrected chi connectivity index (χ1v) is 10.6. The summed E-state index contributed by atoms with van der Waals surface area (Å²) in [6.45, 7) is 0.585. The van der Waals surface area contributed by atoms with Crippen LogP contribution in [-0.2, 0) is 19.0 Å². The van der Waals surface area contributed by atoms with Crippen LogP contribution in [0.1, 0.15) is 36.3 Å². The fraction of sp³-hybridized carbons (Fsp3) is 0.417. The van der Waals surface area contributed by atoms with Crippen LogP contribution in [0.25, 0.3) is 11.1 Å². The fourth-order valence-electron chi connectivity index (χ4n) is 4.21. The number of likely N-dealkylation sites (N-methyl/N-ethyl adjacent to an activating group) is 1. The molecule has 2 aromatic rings. The third kappa shape index (κ3) is 4.57. The summed E-state index contributed by atoms with van der Waals surface area (Å²) < 4.78 is 16.6. The lowest BCUT2D eigenvalue weighted by molar-refractivity contribution is -0.176. The SMILES string of the molecule is CN(C(=O)OCC1c2ccccc2-c2ccccc21)[C@@H](COC1CCCCO1)C(=O)O. The first-order valence-electron chi connectivity index (χ1n) is 10.6. The van der Waals surface area contributed by atoms with Crippen molar-refractivity contribution in [2.45, 2.75) is 37.5 Å². The molecule has 1 fully saturated rings. The summed E-state index contributed by atoms with van der Waals surface area (Å²) in [4.78, 5) is 25.5.